The van der Waals surface area contributed by atoms with Crippen molar-refractivity contribution in [1.29, 1.82) is 0 Å². The molecule has 9 heteroatoms. The molecule has 3 aromatic rings. The second-order valence-electron chi connectivity index (χ2n) is 9.34. The van der Waals surface area contributed by atoms with E-state index >= 15 is 0 Å². The molecule has 0 heterocycles. The van der Waals surface area contributed by atoms with E-state index in [1.54, 1.807) is 42.5 Å². The number of nitrogens with zero attached hydrogens (tertiary/aromatic N) is 2. The average molecular weight is 570 g/mol. The van der Waals surface area contributed by atoms with Crippen molar-refractivity contribution < 1.29 is 18.0 Å². The zero-order valence-electron chi connectivity index (χ0n) is 22.6. The normalized spacial score (nSPS) is 12.8. The van der Waals surface area contributed by atoms with E-state index in [-0.39, 0.29) is 34.1 Å². The van der Waals surface area contributed by atoms with Crippen molar-refractivity contribution >= 4 is 39.1 Å². The molecule has 0 spiro atoms. The van der Waals surface area contributed by atoms with E-state index in [0.29, 0.717) is 12.8 Å². The Morgan fingerprint density at radius 1 is 0.872 bits per heavy atom. The summed E-state index contributed by atoms with van der Waals surface area (Å²) >= 11 is 6.44. The van der Waals surface area contributed by atoms with Crippen LogP contribution in [-0.2, 0) is 26.0 Å². The summed E-state index contributed by atoms with van der Waals surface area (Å²) in [7, 11) is -4.15. The summed E-state index contributed by atoms with van der Waals surface area (Å²) in [5, 5.41) is 3.18. The second-order valence-corrected chi connectivity index (χ2v) is 11.6. The molecule has 0 aliphatic heterocycles. The maximum Gasteiger partial charge on any atom is 0.264 e. The Balaban J connectivity index is 2.00. The second kappa shape index (κ2) is 14.1. The third-order valence-electron chi connectivity index (χ3n) is 6.60. The highest BCUT2D eigenvalue weighted by Gasteiger charge is 2.34. The Hall–Kier alpha value is -3.36. The number of benzene rings is 3. The summed E-state index contributed by atoms with van der Waals surface area (Å²) in [5.41, 5.74) is 1.20. The summed E-state index contributed by atoms with van der Waals surface area (Å²) in [5.74, 6) is -0.750. The zero-order chi connectivity index (χ0) is 28.4. The lowest BCUT2D eigenvalue weighted by Gasteiger charge is -2.34. The highest BCUT2D eigenvalue weighted by molar-refractivity contribution is 7.92. The van der Waals surface area contributed by atoms with Crippen LogP contribution in [0.1, 0.15) is 39.2 Å². The molecule has 3 aromatic carbocycles. The molecule has 2 amide bonds. The number of rotatable bonds is 13. The average Bonchev–Trinajstić information content (AvgIpc) is 2.95. The Kier molecular flexibility index (Phi) is 10.9. The first-order valence-corrected chi connectivity index (χ1v) is 15.0. The van der Waals surface area contributed by atoms with Crippen LogP contribution in [-0.4, -0.2) is 50.3 Å². The number of nitrogens with one attached hydrogen (secondary N) is 1. The molecular formula is C30H36ClN3O4S. The van der Waals surface area contributed by atoms with Gasteiger partial charge in [-0.3, -0.25) is 13.9 Å². The van der Waals surface area contributed by atoms with Gasteiger partial charge in [0.2, 0.25) is 11.8 Å². The fourth-order valence-electron chi connectivity index (χ4n) is 4.22. The molecule has 0 saturated heterocycles. The molecule has 0 aliphatic rings. The molecule has 0 aliphatic carbocycles. The first kappa shape index (κ1) is 30.2. The van der Waals surface area contributed by atoms with Gasteiger partial charge < -0.3 is 10.2 Å². The van der Waals surface area contributed by atoms with Gasteiger partial charge in [0, 0.05) is 12.6 Å². The number of carbonyl (C=O) groups excluding carboxylic acids is 2. The van der Waals surface area contributed by atoms with Crippen LogP contribution in [0.2, 0.25) is 5.02 Å². The molecule has 7 nitrogen and oxygen atoms in total. The standard InChI is InChI=1S/C30H36ClN3O4S/c1-4-23(3)32-30(36)27(5-2)33(21-20-24-14-8-6-9-15-24)29(35)22-34(28-19-13-12-18-26(28)31)39(37,38)25-16-10-7-11-17-25/h6-19,23,27H,4-5,20-22H2,1-3H3,(H,32,36)/t23-,27-/m1/s1. The lowest BCUT2D eigenvalue weighted by atomic mass is 10.1. The van der Waals surface area contributed by atoms with Crippen LogP contribution in [0.15, 0.2) is 89.8 Å². The fraction of sp³-hybridized carbons (Fsp3) is 0.333. The predicted molar refractivity (Wildman–Crippen MR) is 156 cm³/mol. The van der Waals surface area contributed by atoms with Crippen LogP contribution < -0.4 is 9.62 Å². The minimum Gasteiger partial charge on any atom is -0.352 e. The lowest BCUT2D eigenvalue weighted by molar-refractivity contribution is -0.139. The van der Waals surface area contributed by atoms with Gasteiger partial charge in [-0.15, -0.1) is 0 Å². The number of sulfonamides is 1. The zero-order valence-corrected chi connectivity index (χ0v) is 24.2. The molecule has 0 aromatic heterocycles. The molecule has 0 unspecified atom stereocenters. The largest absolute Gasteiger partial charge is 0.352 e. The van der Waals surface area contributed by atoms with Crippen LogP contribution in [0, 0.1) is 0 Å². The van der Waals surface area contributed by atoms with Crippen molar-refractivity contribution in [2.75, 3.05) is 17.4 Å². The summed E-state index contributed by atoms with van der Waals surface area (Å²) < 4.78 is 28.6. The van der Waals surface area contributed by atoms with Crippen molar-refractivity contribution in [2.24, 2.45) is 0 Å². The van der Waals surface area contributed by atoms with Gasteiger partial charge in [0.1, 0.15) is 12.6 Å². The highest BCUT2D eigenvalue weighted by atomic mass is 35.5. The Bertz CT molecular complexity index is 1340. The molecule has 0 radical (unpaired) electrons. The van der Waals surface area contributed by atoms with E-state index in [1.807, 2.05) is 51.1 Å². The van der Waals surface area contributed by atoms with Crippen molar-refractivity contribution in [1.82, 2.24) is 10.2 Å². The van der Waals surface area contributed by atoms with Crippen LogP contribution in [0.4, 0.5) is 5.69 Å². The number of carbonyl (C=O) groups is 2. The van der Waals surface area contributed by atoms with Gasteiger partial charge in [-0.25, -0.2) is 8.42 Å². The summed E-state index contributed by atoms with van der Waals surface area (Å²) in [4.78, 5) is 28.8. The minimum atomic E-state index is -4.15. The molecule has 0 bridgehead atoms. The fourth-order valence-corrected chi connectivity index (χ4v) is 5.97. The quantitative estimate of drug-likeness (QED) is 0.303. The van der Waals surface area contributed by atoms with Crippen LogP contribution in [0.25, 0.3) is 0 Å². The van der Waals surface area contributed by atoms with Gasteiger partial charge in [-0.2, -0.15) is 0 Å². The van der Waals surface area contributed by atoms with E-state index in [9.17, 15) is 18.0 Å². The van der Waals surface area contributed by atoms with Gasteiger partial charge in [-0.1, -0.05) is 86.1 Å². The number of hydrogen-bond acceptors (Lipinski definition) is 4. The summed E-state index contributed by atoms with van der Waals surface area (Å²) in [6, 6.07) is 23.3. The van der Waals surface area contributed by atoms with E-state index in [2.05, 4.69) is 5.32 Å². The lowest BCUT2D eigenvalue weighted by Crippen LogP contribution is -2.54. The van der Waals surface area contributed by atoms with E-state index in [4.69, 9.17) is 11.6 Å². The maximum absolute atomic E-state index is 14.0. The third-order valence-corrected chi connectivity index (χ3v) is 8.70. The van der Waals surface area contributed by atoms with Gasteiger partial charge in [-0.05, 0) is 56.0 Å². The monoisotopic (exact) mass is 569 g/mol. The van der Waals surface area contributed by atoms with Gasteiger partial charge >= 0.3 is 0 Å². The Morgan fingerprint density at radius 3 is 2.05 bits per heavy atom. The van der Waals surface area contributed by atoms with Crippen molar-refractivity contribution in [3.05, 3.63) is 95.5 Å². The molecule has 3 rings (SSSR count). The van der Waals surface area contributed by atoms with Gasteiger partial charge in [0.05, 0.1) is 15.6 Å². The maximum atomic E-state index is 14.0. The van der Waals surface area contributed by atoms with Crippen molar-refractivity contribution in [3.8, 4) is 0 Å². The number of amides is 2. The molecular weight excluding hydrogens is 534 g/mol. The number of anilines is 1. The number of hydrogen-bond donors (Lipinski definition) is 1. The first-order valence-electron chi connectivity index (χ1n) is 13.1. The molecule has 0 saturated carbocycles. The first-order chi connectivity index (χ1) is 18.7. The number of para-hydroxylation sites is 1. The van der Waals surface area contributed by atoms with Crippen LogP contribution in [0.3, 0.4) is 0 Å². The Labute approximate surface area is 236 Å². The van der Waals surface area contributed by atoms with Gasteiger partial charge in [0.15, 0.2) is 0 Å². The summed E-state index contributed by atoms with van der Waals surface area (Å²) in [6.07, 6.45) is 1.63. The van der Waals surface area contributed by atoms with Crippen molar-refractivity contribution in [2.45, 2.75) is 57.0 Å². The molecule has 0 fully saturated rings. The summed E-state index contributed by atoms with van der Waals surface area (Å²) in [6.45, 7) is 5.46. The van der Waals surface area contributed by atoms with Gasteiger partial charge in [0.25, 0.3) is 10.0 Å². The molecule has 2 atom stereocenters. The Morgan fingerprint density at radius 2 is 1.46 bits per heavy atom. The SMILES string of the molecule is CC[C@@H](C)NC(=O)[C@@H](CC)N(CCc1ccccc1)C(=O)CN(c1ccccc1Cl)S(=O)(=O)c1ccccc1. The van der Waals surface area contributed by atoms with E-state index < -0.39 is 28.5 Å². The third kappa shape index (κ3) is 7.83. The number of halogens is 1. The minimum absolute atomic E-state index is 0.0371. The van der Waals surface area contributed by atoms with E-state index in [1.165, 1.54) is 17.0 Å². The van der Waals surface area contributed by atoms with E-state index in [0.717, 1.165) is 16.3 Å². The van der Waals surface area contributed by atoms with Crippen molar-refractivity contribution in [3.63, 3.8) is 0 Å². The van der Waals surface area contributed by atoms with Crippen LogP contribution >= 0.6 is 11.6 Å². The van der Waals surface area contributed by atoms with Crippen LogP contribution in [0.5, 0.6) is 0 Å². The predicted octanol–water partition coefficient (Wildman–Crippen LogP) is 5.30. The topological polar surface area (TPSA) is 86.8 Å². The smallest absolute Gasteiger partial charge is 0.264 e. The molecule has 39 heavy (non-hydrogen) atoms. The molecule has 208 valence electrons. The highest BCUT2D eigenvalue weighted by Crippen LogP contribution is 2.30. The molecule has 1 N–H and O–H groups in total.